The van der Waals surface area contributed by atoms with Gasteiger partial charge in [-0.05, 0) is 82.0 Å². The number of benzene rings is 2. The Kier molecular flexibility index (Phi) is 7.12. The minimum Gasteiger partial charge on any atom is -0.482 e. The van der Waals surface area contributed by atoms with E-state index in [0.717, 1.165) is 55.5 Å². The minimum absolute atomic E-state index is 0.0235. The number of aromatic nitrogens is 5. The molecule has 0 unspecified atom stereocenters. The van der Waals surface area contributed by atoms with E-state index < -0.39 is 0 Å². The van der Waals surface area contributed by atoms with Crippen LogP contribution < -0.4 is 20.5 Å². The number of anilines is 3. The summed E-state index contributed by atoms with van der Waals surface area (Å²) in [7, 11) is 0. The molecule has 0 radical (unpaired) electrons. The first-order valence-corrected chi connectivity index (χ1v) is 16.3. The number of carbonyl (C=O) groups excluding carboxylic acids is 1. The van der Waals surface area contributed by atoms with Crippen molar-refractivity contribution in [3.63, 3.8) is 0 Å². The molecule has 3 aromatic heterocycles. The first kappa shape index (κ1) is 28.6. The SMILES string of the molecule is CC(C)N1CCC(n2ccc3cc(Nc4ncc5c(=O)n6n(c5n4)-c4ccc5c(c4)N(CCCC=CC6)C(=O)CO5)ccc32)CC1. The summed E-state index contributed by atoms with van der Waals surface area (Å²) in [4.78, 5) is 40.2. The predicted octanol–water partition coefficient (Wildman–Crippen LogP) is 5.40. The Morgan fingerprint density at radius 3 is 2.72 bits per heavy atom. The molecule has 6 heterocycles. The van der Waals surface area contributed by atoms with Crippen molar-refractivity contribution < 1.29 is 9.53 Å². The van der Waals surface area contributed by atoms with E-state index in [4.69, 9.17) is 9.72 Å². The van der Waals surface area contributed by atoms with Crippen LogP contribution in [0.4, 0.5) is 17.3 Å². The van der Waals surface area contributed by atoms with E-state index >= 15 is 0 Å². The average molecular weight is 619 g/mol. The van der Waals surface area contributed by atoms with Gasteiger partial charge in [-0.3, -0.25) is 9.59 Å². The van der Waals surface area contributed by atoms with Gasteiger partial charge < -0.3 is 24.4 Å². The van der Waals surface area contributed by atoms with Crippen LogP contribution in [0.1, 0.15) is 45.6 Å². The van der Waals surface area contributed by atoms with E-state index in [1.54, 1.807) is 15.8 Å². The van der Waals surface area contributed by atoms with Crippen LogP contribution in [0, 0.1) is 0 Å². The Bertz CT molecular complexity index is 2050. The van der Waals surface area contributed by atoms with E-state index in [9.17, 15) is 9.59 Å². The summed E-state index contributed by atoms with van der Waals surface area (Å²) in [5.41, 5.74) is 3.83. The molecule has 46 heavy (non-hydrogen) atoms. The lowest BCUT2D eigenvalue weighted by Gasteiger charge is -2.35. The molecular formula is C35H38N8O3. The minimum atomic E-state index is -0.174. The van der Waals surface area contributed by atoms with Crippen LogP contribution >= 0.6 is 0 Å². The summed E-state index contributed by atoms with van der Waals surface area (Å²) < 4.78 is 11.7. The predicted molar refractivity (Wildman–Crippen MR) is 180 cm³/mol. The zero-order chi connectivity index (χ0) is 31.4. The van der Waals surface area contributed by atoms with Crippen molar-refractivity contribution >= 4 is 45.2 Å². The largest absolute Gasteiger partial charge is 0.482 e. The maximum Gasteiger partial charge on any atom is 0.278 e. The number of rotatable bonds is 4. The van der Waals surface area contributed by atoms with Crippen molar-refractivity contribution in [2.45, 2.75) is 58.2 Å². The molecule has 1 N–H and O–H groups in total. The molecule has 1 saturated heterocycles. The normalized spacial score (nSPS) is 17.6. The molecule has 8 rings (SSSR count). The fourth-order valence-corrected chi connectivity index (χ4v) is 7.11. The number of ether oxygens (including phenoxy) is 1. The number of hydrogen-bond acceptors (Lipinski definition) is 7. The van der Waals surface area contributed by atoms with Gasteiger partial charge in [0.15, 0.2) is 12.3 Å². The number of piperidine rings is 1. The van der Waals surface area contributed by atoms with E-state index in [2.05, 4.69) is 70.2 Å². The number of nitrogens with one attached hydrogen (secondary N) is 1. The monoisotopic (exact) mass is 618 g/mol. The fraction of sp³-hybridized carbons (Fsp3) is 0.371. The highest BCUT2D eigenvalue weighted by Crippen LogP contribution is 2.35. The van der Waals surface area contributed by atoms with Crippen LogP contribution in [0.3, 0.4) is 0 Å². The summed E-state index contributed by atoms with van der Waals surface area (Å²) in [5, 5.41) is 4.96. The highest BCUT2D eigenvalue weighted by molar-refractivity contribution is 5.98. The van der Waals surface area contributed by atoms with Crippen LogP contribution in [0.25, 0.3) is 27.6 Å². The van der Waals surface area contributed by atoms with Crippen LogP contribution in [-0.4, -0.2) is 67.0 Å². The van der Waals surface area contributed by atoms with Crippen LogP contribution in [0.15, 0.2) is 71.8 Å². The average Bonchev–Trinajstić information content (AvgIpc) is 3.60. The number of allylic oxidation sites excluding steroid dienone is 2. The summed E-state index contributed by atoms with van der Waals surface area (Å²) in [5.74, 6) is 0.981. The van der Waals surface area contributed by atoms with Crippen molar-refractivity contribution in [1.29, 1.82) is 0 Å². The second-order valence-electron chi connectivity index (χ2n) is 12.7. The van der Waals surface area contributed by atoms with Crippen molar-refractivity contribution in [2.75, 3.05) is 36.5 Å². The van der Waals surface area contributed by atoms with Crippen molar-refractivity contribution in [3.8, 4) is 11.4 Å². The van der Waals surface area contributed by atoms with E-state index in [0.29, 0.717) is 53.6 Å². The Morgan fingerprint density at radius 1 is 1.00 bits per heavy atom. The molecule has 1 amide bonds. The van der Waals surface area contributed by atoms with Crippen LogP contribution in [0.2, 0.25) is 0 Å². The lowest BCUT2D eigenvalue weighted by atomic mass is 10.0. The lowest BCUT2D eigenvalue weighted by molar-refractivity contribution is -0.121. The smallest absolute Gasteiger partial charge is 0.278 e. The number of hydrogen-bond donors (Lipinski definition) is 1. The van der Waals surface area contributed by atoms with Crippen molar-refractivity contribution in [1.82, 2.24) is 28.8 Å². The van der Waals surface area contributed by atoms with Crippen molar-refractivity contribution in [2.24, 2.45) is 0 Å². The molecule has 0 saturated carbocycles. The highest BCUT2D eigenvalue weighted by Gasteiger charge is 2.27. The molecule has 5 aromatic rings. The second-order valence-corrected chi connectivity index (χ2v) is 12.7. The third-order valence-electron chi connectivity index (χ3n) is 9.60. The van der Waals surface area contributed by atoms with E-state index in [1.165, 1.54) is 5.52 Å². The molecule has 11 heteroatoms. The standard InChI is InChI=1S/C35H38N8O3/c1-23(2)39-16-12-26(13-17-39)40-18-11-24-19-25(7-9-29(24)40)37-35-36-21-28-33(38-35)43-27-8-10-31-30(20-27)41(32(44)22-46-31)14-5-3-4-6-15-42(43)34(28)45/h4,6-11,18-21,23,26H,3,5,12-17,22H2,1-2H3,(H,36,37,38). The van der Waals surface area contributed by atoms with Crippen LogP contribution in [-0.2, 0) is 11.3 Å². The molecule has 0 aliphatic carbocycles. The summed E-state index contributed by atoms with van der Waals surface area (Å²) in [6.07, 6.45) is 11.8. The maximum atomic E-state index is 13.6. The van der Waals surface area contributed by atoms with Crippen LogP contribution in [0.5, 0.6) is 5.75 Å². The zero-order valence-electron chi connectivity index (χ0n) is 26.2. The molecule has 236 valence electrons. The number of fused-ring (bicyclic) bond motifs is 6. The molecule has 11 nitrogen and oxygen atoms in total. The third kappa shape index (κ3) is 4.95. The quantitative estimate of drug-likeness (QED) is 0.269. The fourth-order valence-electron chi connectivity index (χ4n) is 7.11. The number of carbonyl (C=O) groups is 1. The van der Waals surface area contributed by atoms with Gasteiger partial charge in [-0.15, -0.1) is 0 Å². The van der Waals surface area contributed by atoms with Gasteiger partial charge in [-0.1, -0.05) is 12.2 Å². The third-order valence-corrected chi connectivity index (χ3v) is 9.60. The molecule has 0 spiro atoms. The second kappa shape index (κ2) is 11.5. The summed E-state index contributed by atoms with van der Waals surface area (Å²) in [6.45, 7) is 7.81. The summed E-state index contributed by atoms with van der Waals surface area (Å²) >= 11 is 0. The number of likely N-dealkylation sites (tertiary alicyclic amines) is 1. The zero-order valence-corrected chi connectivity index (χ0v) is 26.2. The molecule has 2 bridgehead atoms. The molecular weight excluding hydrogens is 580 g/mol. The van der Waals surface area contributed by atoms with Gasteiger partial charge in [0.05, 0.1) is 17.9 Å². The molecule has 0 atom stereocenters. The summed E-state index contributed by atoms with van der Waals surface area (Å²) in [6, 6.07) is 15.3. The van der Waals surface area contributed by atoms with Gasteiger partial charge in [-0.25, -0.2) is 14.3 Å². The topological polar surface area (TPSA) is 102 Å². The molecule has 3 aliphatic rings. The first-order chi connectivity index (χ1) is 22.4. The van der Waals surface area contributed by atoms with Gasteiger partial charge in [-0.2, -0.15) is 4.98 Å². The molecule has 1 fully saturated rings. The highest BCUT2D eigenvalue weighted by atomic mass is 16.5. The maximum absolute atomic E-state index is 13.6. The number of nitrogens with zero attached hydrogens (tertiary/aromatic N) is 7. The van der Waals surface area contributed by atoms with Gasteiger partial charge in [0.25, 0.3) is 11.5 Å². The van der Waals surface area contributed by atoms with Gasteiger partial charge in [0.2, 0.25) is 5.95 Å². The van der Waals surface area contributed by atoms with Crippen molar-refractivity contribution in [3.05, 3.63) is 77.4 Å². The Hall–Kier alpha value is -4.90. The van der Waals surface area contributed by atoms with E-state index in [-0.39, 0.29) is 18.1 Å². The lowest BCUT2D eigenvalue weighted by Crippen LogP contribution is -2.39. The Labute approximate surface area is 266 Å². The Morgan fingerprint density at radius 2 is 1.87 bits per heavy atom. The van der Waals surface area contributed by atoms with E-state index in [1.807, 2.05) is 29.0 Å². The Balaban J connectivity index is 1.14. The number of amides is 1. The van der Waals surface area contributed by atoms with Gasteiger partial charge >= 0.3 is 0 Å². The van der Waals surface area contributed by atoms with Gasteiger partial charge in [0.1, 0.15) is 11.1 Å². The first-order valence-electron chi connectivity index (χ1n) is 16.3. The van der Waals surface area contributed by atoms with Gasteiger partial charge in [0, 0.05) is 60.7 Å². The molecule has 2 aromatic carbocycles. The molecule has 3 aliphatic heterocycles.